The molecule has 0 saturated carbocycles. The number of nitrogens with zero attached hydrogens (tertiary/aromatic N) is 2. The highest BCUT2D eigenvalue weighted by Gasteiger charge is 2.17. The number of nitrogens with one attached hydrogen (secondary N) is 1. The fourth-order valence-electron chi connectivity index (χ4n) is 2.33. The van der Waals surface area contributed by atoms with Gasteiger partial charge in [-0.05, 0) is 24.0 Å². The lowest BCUT2D eigenvalue weighted by atomic mass is 9.89. The first-order chi connectivity index (χ1) is 9.89. The van der Waals surface area contributed by atoms with Crippen LogP contribution in [0.5, 0.6) is 0 Å². The molecule has 4 nitrogen and oxygen atoms in total. The minimum absolute atomic E-state index is 0.0654. The molecule has 1 atom stereocenters. The molecule has 0 aliphatic rings. The third-order valence-corrected chi connectivity index (χ3v) is 3.20. The van der Waals surface area contributed by atoms with E-state index in [0.29, 0.717) is 24.3 Å². The number of benzene rings is 1. The van der Waals surface area contributed by atoms with Crippen LogP contribution < -0.4 is 5.32 Å². The molecule has 0 saturated heterocycles. The first kappa shape index (κ1) is 15.3. The monoisotopic (exact) mass is 283 g/mol. The number of aliphatic hydroxyl groups is 1. The van der Waals surface area contributed by atoms with E-state index in [-0.39, 0.29) is 5.41 Å². The SMILES string of the molecule is CC(C)(C)CC(O)CNc1nc2ccccc2cc1C#N. The zero-order valence-electron chi connectivity index (χ0n) is 12.7. The average molecular weight is 283 g/mol. The van der Waals surface area contributed by atoms with Gasteiger partial charge in [0.05, 0.1) is 17.2 Å². The predicted molar refractivity (Wildman–Crippen MR) is 85.0 cm³/mol. The maximum atomic E-state index is 10.0. The first-order valence-electron chi connectivity index (χ1n) is 7.11. The fraction of sp³-hybridized carbons (Fsp3) is 0.412. The largest absolute Gasteiger partial charge is 0.391 e. The summed E-state index contributed by atoms with van der Waals surface area (Å²) in [5.74, 6) is 0.532. The number of para-hydroxylation sites is 1. The minimum Gasteiger partial charge on any atom is -0.391 e. The van der Waals surface area contributed by atoms with Crippen molar-refractivity contribution in [1.82, 2.24) is 4.98 Å². The molecule has 1 heterocycles. The van der Waals surface area contributed by atoms with Crippen LogP contribution in [0.4, 0.5) is 5.82 Å². The number of aromatic nitrogens is 1. The second-order valence-corrected chi connectivity index (χ2v) is 6.49. The zero-order chi connectivity index (χ0) is 15.5. The van der Waals surface area contributed by atoms with Crippen LogP contribution in [0.15, 0.2) is 30.3 Å². The summed E-state index contributed by atoms with van der Waals surface area (Å²) < 4.78 is 0. The van der Waals surface area contributed by atoms with Crippen LogP contribution in [-0.4, -0.2) is 22.7 Å². The van der Waals surface area contributed by atoms with Gasteiger partial charge in [0.1, 0.15) is 11.9 Å². The predicted octanol–water partition coefficient (Wildman–Crippen LogP) is 3.32. The lowest BCUT2D eigenvalue weighted by Crippen LogP contribution is -2.25. The highest BCUT2D eigenvalue weighted by atomic mass is 16.3. The second kappa shape index (κ2) is 6.11. The van der Waals surface area contributed by atoms with E-state index in [2.05, 4.69) is 37.1 Å². The lowest BCUT2D eigenvalue weighted by Gasteiger charge is -2.22. The maximum absolute atomic E-state index is 10.0. The molecule has 2 aromatic rings. The Bertz CT molecular complexity index is 668. The standard InChI is InChI=1S/C17H21N3O/c1-17(2,3)9-14(21)11-19-16-13(10-18)8-12-6-4-5-7-15(12)20-16/h4-8,14,21H,9,11H2,1-3H3,(H,19,20). The molecule has 0 fully saturated rings. The van der Waals surface area contributed by atoms with Gasteiger partial charge in [-0.1, -0.05) is 39.0 Å². The molecule has 21 heavy (non-hydrogen) atoms. The Hall–Kier alpha value is -2.12. The normalized spacial score (nSPS) is 12.9. The molecule has 1 aromatic heterocycles. The van der Waals surface area contributed by atoms with Gasteiger partial charge in [0, 0.05) is 11.9 Å². The van der Waals surface area contributed by atoms with E-state index in [1.54, 1.807) is 0 Å². The highest BCUT2D eigenvalue weighted by molar-refractivity contribution is 5.82. The molecule has 0 spiro atoms. The van der Waals surface area contributed by atoms with Gasteiger partial charge in [0.2, 0.25) is 0 Å². The Morgan fingerprint density at radius 1 is 1.33 bits per heavy atom. The summed E-state index contributed by atoms with van der Waals surface area (Å²) in [6.45, 7) is 6.65. The molecule has 2 rings (SSSR count). The van der Waals surface area contributed by atoms with Gasteiger partial charge in [0.15, 0.2) is 0 Å². The Labute approximate surface area is 125 Å². The molecule has 0 amide bonds. The topological polar surface area (TPSA) is 68.9 Å². The molecule has 0 radical (unpaired) electrons. The molecule has 1 unspecified atom stereocenters. The number of hydrogen-bond donors (Lipinski definition) is 2. The Balaban J connectivity index is 2.16. The van der Waals surface area contributed by atoms with Crippen molar-refractivity contribution in [1.29, 1.82) is 5.26 Å². The fourth-order valence-corrected chi connectivity index (χ4v) is 2.33. The van der Waals surface area contributed by atoms with E-state index in [4.69, 9.17) is 0 Å². The summed E-state index contributed by atoms with van der Waals surface area (Å²) in [5, 5.41) is 23.3. The quantitative estimate of drug-likeness (QED) is 0.903. The van der Waals surface area contributed by atoms with Crippen molar-refractivity contribution in [3.63, 3.8) is 0 Å². The number of fused-ring (bicyclic) bond motifs is 1. The van der Waals surface area contributed by atoms with E-state index in [0.717, 1.165) is 10.9 Å². The van der Waals surface area contributed by atoms with Crippen molar-refractivity contribution in [2.45, 2.75) is 33.3 Å². The van der Waals surface area contributed by atoms with Crippen molar-refractivity contribution >= 4 is 16.7 Å². The smallest absolute Gasteiger partial charge is 0.144 e. The van der Waals surface area contributed by atoms with Gasteiger partial charge in [-0.25, -0.2) is 4.98 Å². The van der Waals surface area contributed by atoms with E-state index >= 15 is 0 Å². The lowest BCUT2D eigenvalue weighted by molar-refractivity contribution is 0.132. The van der Waals surface area contributed by atoms with Crippen molar-refractivity contribution in [3.05, 3.63) is 35.9 Å². The summed E-state index contributed by atoms with van der Waals surface area (Å²) >= 11 is 0. The third kappa shape index (κ3) is 4.17. The Kier molecular flexibility index (Phi) is 4.44. The van der Waals surface area contributed by atoms with Crippen LogP contribution in [-0.2, 0) is 0 Å². The number of aliphatic hydroxyl groups excluding tert-OH is 1. The first-order valence-corrected chi connectivity index (χ1v) is 7.11. The van der Waals surface area contributed by atoms with Crippen molar-refractivity contribution < 1.29 is 5.11 Å². The van der Waals surface area contributed by atoms with E-state index in [1.165, 1.54) is 0 Å². The summed E-state index contributed by atoms with van der Waals surface area (Å²) in [7, 11) is 0. The van der Waals surface area contributed by atoms with Gasteiger partial charge in [-0.2, -0.15) is 5.26 Å². The summed E-state index contributed by atoms with van der Waals surface area (Å²) in [6.07, 6.45) is 0.222. The van der Waals surface area contributed by atoms with Gasteiger partial charge in [-0.3, -0.25) is 0 Å². The zero-order valence-corrected chi connectivity index (χ0v) is 12.7. The number of nitriles is 1. The van der Waals surface area contributed by atoms with Crippen molar-refractivity contribution in [2.24, 2.45) is 5.41 Å². The number of hydrogen-bond acceptors (Lipinski definition) is 4. The number of rotatable bonds is 4. The molecule has 0 bridgehead atoms. The molecule has 110 valence electrons. The van der Waals surface area contributed by atoms with Crippen molar-refractivity contribution in [3.8, 4) is 6.07 Å². The maximum Gasteiger partial charge on any atom is 0.144 e. The summed E-state index contributed by atoms with van der Waals surface area (Å²) in [4.78, 5) is 4.47. The van der Waals surface area contributed by atoms with E-state index in [9.17, 15) is 10.4 Å². The number of pyridine rings is 1. The molecule has 4 heteroatoms. The Morgan fingerprint density at radius 3 is 2.71 bits per heavy atom. The van der Waals surface area contributed by atoms with Crippen LogP contribution in [0.2, 0.25) is 0 Å². The van der Waals surface area contributed by atoms with E-state index in [1.807, 2.05) is 30.3 Å². The molecule has 0 aliphatic carbocycles. The Morgan fingerprint density at radius 2 is 2.05 bits per heavy atom. The second-order valence-electron chi connectivity index (χ2n) is 6.49. The van der Waals surface area contributed by atoms with Gasteiger partial charge < -0.3 is 10.4 Å². The van der Waals surface area contributed by atoms with Gasteiger partial charge in [-0.15, -0.1) is 0 Å². The van der Waals surface area contributed by atoms with Crippen LogP contribution in [0.3, 0.4) is 0 Å². The third-order valence-electron chi connectivity index (χ3n) is 3.20. The van der Waals surface area contributed by atoms with Crippen LogP contribution >= 0.6 is 0 Å². The molecule has 1 aromatic carbocycles. The molecule has 2 N–H and O–H groups in total. The molecular formula is C17H21N3O. The van der Waals surface area contributed by atoms with Crippen LogP contribution in [0, 0.1) is 16.7 Å². The summed E-state index contributed by atoms with van der Waals surface area (Å²) in [6, 6.07) is 11.7. The highest BCUT2D eigenvalue weighted by Crippen LogP contribution is 2.22. The van der Waals surface area contributed by atoms with Gasteiger partial charge in [0.25, 0.3) is 0 Å². The van der Waals surface area contributed by atoms with Crippen LogP contribution in [0.1, 0.15) is 32.8 Å². The average Bonchev–Trinajstić information content (AvgIpc) is 2.42. The van der Waals surface area contributed by atoms with Crippen molar-refractivity contribution in [2.75, 3.05) is 11.9 Å². The van der Waals surface area contributed by atoms with Crippen LogP contribution in [0.25, 0.3) is 10.9 Å². The minimum atomic E-state index is -0.468. The van der Waals surface area contributed by atoms with E-state index < -0.39 is 6.10 Å². The number of anilines is 1. The molecule has 0 aliphatic heterocycles. The van der Waals surface area contributed by atoms with Gasteiger partial charge >= 0.3 is 0 Å². The molecular weight excluding hydrogens is 262 g/mol. The summed E-state index contributed by atoms with van der Waals surface area (Å²) in [5.41, 5.74) is 1.40.